The SMILES string of the molecule is C.C=O.CC(=N)C1CCC2C3CCC4CC(O)CCC4(C)C3CCC12C.CCCN.CCNC. The predicted molar refractivity (Wildman–Crippen MR) is 147 cm³/mol. The van der Waals surface area contributed by atoms with Crippen molar-refractivity contribution in [2.24, 2.45) is 46.2 Å². The van der Waals surface area contributed by atoms with Crippen molar-refractivity contribution in [3.05, 3.63) is 0 Å². The first-order valence-electron chi connectivity index (χ1n) is 13.6. The second-order valence-corrected chi connectivity index (χ2v) is 11.4. The molecule has 0 spiro atoms. The number of aliphatic hydroxyl groups is 1. The van der Waals surface area contributed by atoms with E-state index in [1.54, 1.807) is 0 Å². The molecule has 4 fully saturated rings. The summed E-state index contributed by atoms with van der Waals surface area (Å²) in [6.07, 6.45) is 12.5. The summed E-state index contributed by atoms with van der Waals surface area (Å²) >= 11 is 0. The Bertz CT molecular complexity index is 578. The Morgan fingerprint density at radius 2 is 1.56 bits per heavy atom. The minimum Gasteiger partial charge on any atom is -0.393 e. The Morgan fingerprint density at radius 1 is 1.03 bits per heavy atom. The fourth-order valence-electron chi connectivity index (χ4n) is 7.95. The first kappa shape index (κ1) is 33.2. The number of hydrogen-bond donors (Lipinski definition) is 4. The van der Waals surface area contributed by atoms with Crippen LogP contribution in [0.25, 0.3) is 0 Å². The first-order chi connectivity index (χ1) is 15.7. The van der Waals surface area contributed by atoms with Crippen molar-refractivity contribution in [3.8, 4) is 0 Å². The maximum absolute atomic E-state index is 10.1. The fourth-order valence-corrected chi connectivity index (χ4v) is 7.95. The van der Waals surface area contributed by atoms with Crippen molar-refractivity contribution in [1.29, 1.82) is 5.41 Å². The van der Waals surface area contributed by atoms with Crippen LogP contribution in [0, 0.1) is 45.8 Å². The molecule has 4 rings (SSSR count). The first-order valence-corrected chi connectivity index (χ1v) is 13.6. The van der Waals surface area contributed by atoms with Crippen LogP contribution in [0.2, 0.25) is 0 Å². The van der Waals surface area contributed by atoms with Crippen LogP contribution in [-0.4, -0.2) is 43.8 Å². The van der Waals surface area contributed by atoms with Gasteiger partial charge in [-0.05, 0) is 126 Å². The average molecular weight is 482 g/mol. The average Bonchev–Trinajstić information content (AvgIpc) is 3.18. The second kappa shape index (κ2) is 15.4. The van der Waals surface area contributed by atoms with Crippen molar-refractivity contribution >= 4 is 12.5 Å². The number of rotatable bonds is 3. The van der Waals surface area contributed by atoms with Gasteiger partial charge >= 0.3 is 0 Å². The number of nitrogens with one attached hydrogen (secondary N) is 2. The molecule has 34 heavy (non-hydrogen) atoms. The Morgan fingerprint density at radius 3 is 2.06 bits per heavy atom. The Labute approximate surface area is 211 Å². The summed E-state index contributed by atoms with van der Waals surface area (Å²) in [6, 6.07) is 0. The van der Waals surface area contributed by atoms with E-state index in [0.717, 1.165) is 61.7 Å². The van der Waals surface area contributed by atoms with Crippen LogP contribution in [0.15, 0.2) is 0 Å². The molecule has 0 aliphatic heterocycles. The van der Waals surface area contributed by atoms with Crippen molar-refractivity contribution in [1.82, 2.24) is 5.32 Å². The molecule has 0 aromatic heterocycles. The van der Waals surface area contributed by atoms with Crippen molar-refractivity contribution in [2.75, 3.05) is 20.1 Å². The zero-order chi connectivity index (χ0) is 25.2. The van der Waals surface area contributed by atoms with Crippen LogP contribution >= 0.6 is 0 Å². The lowest BCUT2D eigenvalue weighted by Gasteiger charge is -2.61. The van der Waals surface area contributed by atoms with Gasteiger partial charge in [-0.1, -0.05) is 35.1 Å². The monoisotopic (exact) mass is 481 g/mol. The molecule has 0 heterocycles. The molecule has 202 valence electrons. The van der Waals surface area contributed by atoms with Crippen LogP contribution in [-0.2, 0) is 4.79 Å². The number of carbonyl (C=O) groups excluding carboxylic acids is 1. The van der Waals surface area contributed by atoms with E-state index in [1.165, 1.54) is 44.9 Å². The minimum atomic E-state index is -0.0325. The van der Waals surface area contributed by atoms with E-state index < -0.39 is 0 Å². The van der Waals surface area contributed by atoms with Crippen molar-refractivity contribution in [3.63, 3.8) is 0 Å². The molecule has 4 saturated carbocycles. The zero-order valence-electron chi connectivity index (χ0n) is 22.6. The fraction of sp³-hybridized carbons (Fsp3) is 0.931. The van der Waals surface area contributed by atoms with E-state index in [9.17, 15) is 5.11 Å². The Kier molecular flexibility index (Phi) is 15.0. The van der Waals surface area contributed by atoms with Crippen LogP contribution in [0.4, 0.5) is 0 Å². The van der Waals surface area contributed by atoms with E-state index in [0.29, 0.717) is 16.7 Å². The van der Waals surface area contributed by atoms with Crippen LogP contribution in [0.5, 0.6) is 0 Å². The summed E-state index contributed by atoms with van der Waals surface area (Å²) < 4.78 is 0. The summed E-state index contributed by atoms with van der Waals surface area (Å²) in [6.45, 7) is 15.1. The van der Waals surface area contributed by atoms with Gasteiger partial charge in [0, 0.05) is 11.6 Å². The molecule has 5 N–H and O–H groups in total. The molecule has 4 aliphatic rings. The van der Waals surface area contributed by atoms with Crippen LogP contribution < -0.4 is 11.1 Å². The molecule has 5 heteroatoms. The third-order valence-corrected chi connectivity index (χ3v) is 9.80. The summed E-state index contributed by atoms with van der Waals surface area (Å²) in [4.78, 5) is 8.00. The molecule has 0 amide bonds. The standard InChI is InChI=1S/C21H35NO.2C3H9N.CH2O.CH4/c1-13(22)17-6-7-18-16-5-4-14-12-15(23)8-10-20(14,2)19(16)9-11-21(17,18)3;1-3-4-2;1-2-3-4;1-2;/h14-19,22-23H,4-12H2,1-3H3;4H,3H2,1-2H3;2-4H2,1H3;1H2;1H4. The summed E-state index contributed by atoms with van der Waals surface area (Å²) in [5.74, 6) is 3.95. The lowest BCUT2D eigenvalue weighted by molar-refractivity contribution is -0.123. The second-order valence-electron chi connectivity index (χ2n) is 11.4. The summed E-state index contributed by atoms with van der Waals surface area (Å²) in [7, 11) is 1.93. The number of aliphatic hydroxyl groups excluding tert-OH is 1. The molecule has 8 unspecified atom stereocenters. The maximum Gasteiger partial charge on any atom is 0.106 e. The summed E-state index contributed by atoms with van der Waals surface area (Å²) in [5.41, 5.74) is 6.86. The molecule has 0 saturated heterocycles. The van der Waals surface area contributed by atoms with Gasteiger partial charge in [0.25, 0.3) is 0 Å². The molecule has 4 aliphatic carbocycles. The van der Waals surface area contributed by atoms with E-state index in [4.69, 9.17) is 15.9 Å². The van der Waals surface area contributed by atoms with Crippen molar-refractivity contribution in [2.45, 2.75) is 112 Å². The summed E-state index contributed by atoms with van der Waals surface area (Å²) in [5, 5.41) is 21.3. The molecule has 0 aromatic carbocycles. The lowest BCUT2D eigenvalue weighted by atomic mass is 9.44. The Hall–Kier alpha value is -0.780. The molecule has 0 aromatic rings. The lowest BCUT2D eigenvalue weighted by Crippen LogP contribution is -2.54. The minimum absolute atomic E-state index is 0. The smallest absolute Gasteiger partial charge is 0.106 e. The molecule has 0 bridgehead atoms. The Balaban J connectivity index is 0.000000856. The molecule has 5 nitrogen and oxygen atoms in total. The number of fused-ring (bicyclic) bond motifs is 5. The van der Waals surface area contributed by atoms with Gasteiger partial charge in [0.1, 0.15) is 6.79 Å². The predicted octanol–water partition coefficient (Wildman–Crippen LogP) is 6.08. The van der Waals surface area contributed by atoms with Gasteiger partial charge in [-0.3, -0.25) is 0 Å². The van der Waals surface area contributed by atoms with Gasteiger partial charge in [0.15, 0.2) is 0 Å². The topological polar surface area (TPSA) is 99.2 Å². The third kappa shape index (κ3) is 7.13. The highest BCUT2D eigenvalue weighted by atomic mass is 16.3. The number of nitrogens with two attached hydrogens (primary N) is 1. The third-order valence-electron chi connectivity index (χ3n) is 9.80. The quantitative estimate of drug-likeness (QED) is 0.367. The van der Waals surface area contributed by atoms with E-state index in [2.05, 4.69) is 33.0 Å². The van der Waals surface area contributed by atoms with Crippen LogP contribution in [0.3, 0.4) is 0 Å². The van der Waals surface area contributed by atoms with Gasteiger partial charge in [-0.15, -0.1) is 0 Å². The highest BCUT2D eigenvalue weighted by molar-refractivity contribution is 5.82. The largest absolute Gasteiger partial charge is 0.393 e. The molecule has 0 radical (unpaired) electrons. The van der Waals surface area contributed by atoms with E-state index in [1.807, 2.05) is 20.8 Å². The zero-order valence-corrected chi connectivity index (χ0v) is 22.6. The van der Waals surface area contributed by atoms with E-state index >= 15 is 0 Å². The highest BCUT2D eigenvalue weighted by Crippen LogP contribution is 2.67. The van der Waals surface area contributed by atoms with Gasteiger partial charge in [-0.2, -0.15) is 0 Å². The van der Waals surface area contributed by atoms with Gasteiger partial charge < -0.3 is 26.4 Å². The normalized spacial score (nSPS) is 39.5. The molecular weight excluding hydrogens is 422 g/mol. The molecular formula is C29H59N3O2. The van der Waals surface area contributed by atoms with E-state index in [-0.39, 0.29) is 13.5 Å². The van der Waals surface area contributed by atoms with Crippen LogP contribution in [0.1, 0.15) is 106 Å². The van der Waals surface area contributed by atoms with Gasteiger partial charge in [-0.25, -0.2) is 0 Å². The number of hydrogen-bond acceptors (Lipinski definition) is 5. The highest BCUT2D eigenvalue weighted by Gasteiger charge is 2.60. The molecule has 8 atom stereocenters. The van der Waals surface area contributed by atoms with Gasteiger partial charge in [0.2, 0.25) is 0 Å². The maximum atomic E-state index is 10.1. The van der Waals surface area contributed by atoms with Crippen molar-refractivity contribution < 1.29 is 9.90 Å². The number of carbonyl (C=O) groups is 1. The van der Waals surface area contributed by atoms with Gasteiger partial charge in [0.05, 0.1) is 6.10 Å².